The first-order valence-electron chi connectivity index (χ1n) is 5.84. The minimum absolute atomic E-state index is 0.150. The van der Waals surface area contributed by atoms with Crippen LogP contribution in [0.15, 0.2) is 12.1 Å². The SMILES string of the molecule is COC(=O)C(C)(C)Cc1ccc(C(C)(C)C)s1. The van der Waals surface area contributed by atoms with Gasteiger partial charge in [-0.2, -0.15) is 0 Å². The molecule has 17 heavy (non-hydrogen) atoms. The zero-order valence-corrected chi connectivity index (χ0v) is 12.4. The number of esters is 1. The molecule has 1 aromatic rings. The Morgan fingerprint density at radius 2 is 1.82 bits per heavy atom. The lowest BCUT2D eigenvalue weighted by Crippen LogP contribution is -2.27. The van der Waals surface area contributed by atoms with Gasteiger partial charge in [-0.05, 0) is 37.8 Å². The largest absolute Gasteiger partial charge is 0.469 e. The molecule has 1 aromatic heterocycles. The monoisotopic (exact) mass is 254 g/mol. The quantitative estimate of drug-likeness (QED) is 0.767. The van der Waals surface area contributed by atoms with Crippen molar-refractivity contribution in [1.82, 2.24) is 0 Å². The average Bonchev–Trinajstić information content (AvgIpc) is 2.63. The van der Waals surface area contributed by atoms with Gasteiger partial charge in [-0.25, -0.2) is 0 Å². The molecule has 0 amide bonds. The Morgan fingerprint density at radius 1 is 1.24 bits per heavy atom. The van der Waals surface area contributed by atoms with Gasteiger partial charge in [0.25, 0.3) is 0 Å². The van der Waals surface area contributed by atoms with Gasteiger partial charge >= 0.3 is 5.97 Å². The van der Waals surface area contributed by atoms with E-state index >= 15 is 0 Å². The van der Waals surface area contributed by atoms with Gasteiger partial charge in [0, 0.05) is 9.75 Å². The van der Waals surface area contributed by atoms with Crippen molar-refractivity contribution >= 4 is 17.3 Å². The van der Waals surface area contributed by atoms with Crippen LogP contribution in [0.4, 0.5) is 0 Å². The Labute approximate surface area is 108 Å². The van der Waals surface area contributed by atoms with E-state index in [4.69, 9.17) is 4.74 Å². The van der Waals surface area contributed by atoms with Crippen LogP contribution in [0.1, 0.15) is 44.4 Å². The summed E-state index contributed by atoms with van der Waals surface area (Å²) in [4.78, 5) is 14.2. The molecular weight excluding hydrogens is 232 g/mol. The van der Waals surface area contributed by atoms with Crippen LogP contribution in [0.2, 0.25) is 0 Å². The summed E-state index contributed by atoms with van der Waals surface area (Å²) in [5.41, 5.74) is -0.271. The standard InChI is InChI=1S/C14H22O2S/c1-13(2,3)11-8-7-10(17-11)9-14(4,5)12(15)16-6/h7-8H,9H2,1-6H3. The highest BCUT2D eigenvalue weighted by molar-refractivity contribution is 7.12. The van der Waals surface area contributed by atoms with Gasteiger partial charge < -0.3 is 4.74 Å². The Bertz CT molecular complexity index is 397. The van der Waals surface area contributed by atoms with E-state index in [-0.39, 0.29) is 11.4 Å². The molecule has 0 aliphatic carbocycles. The third kappa shape index (κ3) is 3.56. The van der Waals surface area contributed by atoms with Gasteiger partial charge in [-0.1, -0.05) is 20.8 Å². The Hall–Kier alpha value is -0.830. The molecule has 0 aromatic carbocycles. The molecule has 1 heterocycles. The minimum atomic E-state index is -0.450. The van der Waals surface area contributed by atoms with Crippen LogP contribution in [0.3, 0.4) is 0 Å². The molecule has 0 spiro atoms. The van der Waals surface area contributed by atoms with Gasteiger partial charge in [0.15, 0.2) is 0 Å². The second-order valence-corrected chi connectivity index (χ2v) is 7.24. The van der Waals surface area contributed by atoms with Crippen molar-refractivity contribution < 1.29 is 9.53 Å². The lowest BCUT2D eigenvalue weighted by molar-refractivity contribution is -0.150. The number of hydrogen-bond acceptors (Lipinski definition) is 3. The molecule has 0 aliphatic rings. The number of methoxy groups -OCH3 is 1. The van der Waals surface area contributed by atoms with E-state index in [1.54, 1.807) is 11.3 Å². The lowest BCUT2D eigenvalue weighted by atomic mass is 9.89. The highest BCUT2D eigenvalue weighted by Crippen LogP contribution is 2.33. The Morgan fingerprint density at radius 3 is 2.24 bits per heavy atom. The van der Waals surface area contributed by atoms with Crippen LogP contribution in [-0.2, 0) is 21.4 Å². The maximum absolute atomic E-state index is 11.6. The van der Waals surface area contributed by atoms with E-state index in [1.165, 1.54) is 16.9 Å². The lowest BCUT2D eigenvalue weighted by Gasteiger charge is -2.20. The smallest absolute Gasteiger partial charge is 0.311 e. The molecule has 1 rings (SSSR count). The van der Waals surface area contributed by atoms with Crippen molar-refractivity contribution in [2.75, 3.05) is 7.11 Å². The number of hydrogen-bond donors (Lipinski definition) is 0. The predicted molar refractivity (Wildman–Crippen MR) is 72.5 cm³/mol. The van der Waals surface area contributed by atoms with E-state index in [9.17, 15) is 4.79 Å². The van der Waals surface area contributed by atoms with E-state index in [2.05, 4.69) is 32.9 Å². The molecule has 0 radical (unpaired) electrons. The molecule has 96 valence electrons. The molecule has 0 unspecified atom stereocenters. The van der Waals surface area contributed by atoms with Crippen molar-refractivity contribution in [1.29, 1.82) is 0 Å². The fourth-order valence-electron chi connectivity index (χ4n) is 1.66. The van der Waals surface area contributed by atoms with Crippen LogP contribution >= 0.6 is 11.3 Å². The maximum atomic E-state index is 11.6. The third-order valence-electron chi connectivity index (χ3n) is 2.76. The molecular formula is C14H22O2S. The number of thiophene rings is 1. The van der Waals surface area contributed by atoms with E-state index in [1.807, 2.05) is 13.8 Å². The first-order chi connectivity index (χ1) is 7.66. The second kappa shape index (κ2) is 4.81. The highest BCUT2D eigenvalue weighted by Gasteiger charge is 2.30. The molecule has 0 saturated carbocycles. The van der Waals surface area contributed by atoms with E-state index < -0.39 is 5.41 Å². The van der Waals surface area contributed by atoms with Gasteiger partial charge in [0.2, 0.25) is 0 Å². The van der Waals surface area contributed by atoms with Crippen molar-refractivity contribution in [3.8, 4) is 0 Å². The first-order valence-corrected chi connectivity index (χ1v) is 6.66. The normalized spacial score (nSPS) is 12.6. The molecule has 0 bridgehead atoms. The van der Waals surface area contributed by atoms with E-state index in [0.717, 1.165) is 6.42 Å². The van der Waals surface area contributed by atoms with Gasteiger partial charge in [0.05, 0.1) is 12.5 Å². The van der Waals surface area contributed by atoms with Crippen molar-refractivity contribution in [2.45, 2.75) is 46.5 Å². The summed E-state index contributed by atoms with van der Waals surface area (Å²) >= 11 is 1.79. The topological polar surface area (TPSA) is 26.3 Å². The molecule has 0 aliphatic heterocycles. The average molecular weight is 254 g/mol. The highest BCUT2D eigenvalue weighted by atomic mass is 32.1. The van der Waals surface area contributed by atoms with Crippen molar-refractivity contribution in [3.05, 3.63) is 21.9 Å². The fourth-order valence-corrected chi connectivity index (χ4v) is 2.95. The van der Waals surface area contributed by atoms with Crippen molar-refractivity contribution in [3.63, 3.8) is 0 Å². The van der Waals surface area contributed by atoms with E-state index in [0.29, 0.717) is 0 Å². The molecule has 0 atom stereocenters. The third-order valence-corrected chi connectivity index (χ3v) is 4.27. The molecule has 0 N–H and O–H groups in total. The summed E-state index contributed by atoms with van der Waals surface area (Å²) in [6, 6.07) is 4.28. The van der Waals surface area contributed by atoms with Crippen LogP contribution in [0.5, 0.6) is 0 Å². The molecule has 2 nitrogen and oxygen atoms in total. The van der Waals surface area contributed by atoms with Crippen LogP contribution in [0.25, 0.3) is 0 Å². The van der Waals surface area contributed by atoms with Crippen molar-refractivity contribution in [2.24, 2.45) is 5.41 Å². The predicted octanol–water partition coefficient (Wildman–Crippen LogP) is 3.79. The van der Waals surface area contributed by atoms with Crippen LogP contribution < -0.4 is 0 Å². The summed E-state index contributed by atoms with van der Waals surface area (Å²) in [5, 5.41) is 0. The minimum Gasteiger partial charge on any atom is -0.469 e. The Kier molecular flexibility index (Phi) is 4.03. The summed E-state index contributed by atoms with van der Waals surface area (Å²) in [6.45, 7) is 10.5. The fraction of sp³-hybridized carbons (Fsp3) is 0.643. The Balaban J connectivity index is 2.83. The van der Waals surface area contributed by atoms with Gasteiger partial charge in [-0.15, -0.1) is 11.3 Å². The molecule has 0 saturated heterocycles. The summed E-state index contributed by atoms with van der Waals surface area (Å²) < 4.78 is 4.83. The summed E-state index contributed by atoms with van der Waals surface area (Å²) in [5.74, 6) is -0.150. The van der Waals surface area contributed by atoms with Crippen LogP contribution in [0, 0.1) is 5.41 Å². The maximum Gasteiger partial charge on any atom is 0.311 e. The number of rotatable bonds is 3. The van der Waals surface area contributed by atoms with Gasteiger partial charge in [0.1, 0.15) is 0 Å². The zero-order chi connectivity index (χ0) is 13.3. The molecule has 3 heteroatoms. The number of carbonyl (C=O) groups excluding carboxylic acids is 1. The summed E-state index contributed by atoms with van der Waals surface area (Å²) in [6.07, 6.45) is 0.737. The summed E-state index contributed by atoms with van der Waals surface area (Å²) in [7, 11) is 1.44. The first kappa shape index (κ1) is 14.2. The second-order valence-electron chi connectivity index (χ2n) is 6.07. The zero-order valence-electron chi connectivity index (χ0n) is 11.6. The van der Waals surface area contributed by atoms with Gasteiger partial charge in [-0.3, -0.25) is 4.79 Å². The van der Waals surface area contributed by atoms with Crippen LogP contribution in [-0.4, -0.2) is 13.1 Å². The number of carbonyl (C=O) groups is 1. The molecule has 0 fully saturated rings. The number of ether oxygens (including phenoxy) is 1.